The zero-order valence-electron chi connectivity index (χ0n) is 9.05. The molecule has 1 aromatic rings. The van der Waals surface area contributed by atoms with Crippen LogP contribution in [-0.2, 0) is 5.41 Å². The molecule has 2 nitrogen and oxygen atoms in total. The van der Waals surface area contributed by atoms with Crippen molar-refractivity contribution in [3.8, 4) is 11.5 Å². The lowest BCUT2D eigenvalue weighted by atomic mass is 9.98. The lowest BCUT2D eigenvalue weighted by Gasteiger charge is -2.15. The van der Waals surface area contributed by atoms with Gasteiger partial charge in [0, 0.05) is 10.7 Å². The van der Waals surface area contributed by atoms with Gasteiger partial charge in [-0.25, -0.2) is 0 Å². The lowest BCUT2D eigenvalue weighted by Crippen LogP contribution is -2.08. The fraction of sp³-hybridized carbons (Fsp3) is 0.500. The number of methoxy groups -OCH3 is 2. The molecule has 0 radical (unpaired) electrons. The average molecular weight is 271 g/mol. The summed E-state index contributed by atoms with van der Waals surface area (Å²) < 4.78 is 10.5. The van der Waals surface area contributed by atoms with E-state index in [-0.39, 0.29) is 0 Å². The molecule has 0 saturated heterocycles. The molecule has 2 rings (SSSR count). The van der Waals surface area contributed by atoms with Crippen molar-refractivity contribution in [1.82, 2.24) is 0 Å². The summed E-state index contributed by atoms with van der Waals surface area (Å²) in [6, 6.07) is 6.21. The maximum Gasteiger partial charge on any atom is 0.161 e. The highest BCUT2D eigenvalue weighted by Crippen LogP contribution is 2.50. The SMILES string of the molecule is COc1ccc(C2(CBr)CC2)cc1OC. The van der Waals surface area contributed by atoms with Gasteiger partial charge in [-0.3, -0.25) is 0 Å². The Bertz CT molecular complexity index is 359. The summed E-state index contributed by atoms with van der Waals surface area (Å²) in [5.74, 6) is 1.62. The van der Waals surface area contributed by atoms with Crippen molar-refractivity contribution in [1.29, 1.82) is 0 Å². The van der Waals surface area contributed by atoms with E-state index in [0.717, 1.165) is 16.8 Å². The van der Waals surface area contributed by atoms with Crippen LogP contribution in [-0.4, -0.2) is 19.5 Å². The first-order valence-electron chi connectivity index (χ1n) is 5.04. The molecule has 1 fully saturated rings. The molecule has 0 aromatic heterocycles. The summed E-state index contributed by atoms with van der Waals surface area (Å²) >= 11 is 3.58. The number of hydrogen-bond donors (Lipinski definition) is 0. The van der Waals surface area contributed by atoms with Gasteiger partial charge in [-0.1, -0.05) is 22.0 Å². The van der Waals surface area contributed by atoms with Crippen LogP contribution < -0.4 is 9.47 Å². The molecule has 1 aromatic carbocycles. The van der Waals surface area contributed by atoms with Gasteiger partial charge in [0.1, 0.15) is 0 Å². The standard InChI is InChI=1S/C12H15BrO2/c1-14-10-4-3-9(7-11(10)15-2)12(8-13)5-6-12/h3-4,7H,5-6,8H2,1-2H3. The second-order valence-electron chi connectivity index (χ2n) is 3.98. The van der Waals surface area contributed by atoms with Crippen molar-refractivity contribution < 1.29 is 9.47 Å². The van der Waals surface area contributed by atoms with Crippen molar-refractivity contribution in [2.24, 2.45) is 0 Å². The third-order valence-corrected chi connectivity index (χ3v) is 4.18. The van der Waals surface area contributed by atoms with E-state index in [4.69, 9.17) is 9.47 Å². The van der Waals surface area contributed by atoms with E-state index in [9.17, 15) is 0 Å². The maximum atomic E-state index is 5.30. The van der Waals surface area contributed by atoms with Gasteiger partial charge < -0.3 is 9.47 Å². The minimum absolute atomic E-state index is 0.347. The van der Waals surface area contributed by atoms with Gasteiger partial charge in [0.2, 0.25) is 0 Å². The average Bonchev–Trinajstić information content (AvgIpc) is 3.09. The van der Waals surface area contributed by atoms with Gasteiger partial charge in [0.15, 0.2) is 11.5 Å². The molecule has 1 aliphatic rings. The molecule has 0 atom stereocenters. The molecule has 82 valence electrons. The Morgan fingerprint density at radius 2 is 1.87 bits per heavy atom. The summed E-state index contributed by atoms with van der Waals surface area (Å²) in [4.78, 5) is 0. The Morgan fingerprint density at radius 1 is 1.20 bits per heavy atom. The first-order valence-corrected chi connectivity index (χ1v) is 6.16. The van der Waals surface area contributed by atoms with Crippen LogP contribution in [0.15, 0.2) is 18.2 Å². The molecule has 0 aliphatic heterocycles. The van der Waals surface area contributed by atoms with E-state index >= 15 is 0 Å². The number of alkyl halides is 1. The van der Waals surface area contributed by atoms with E-state index in [0.29, 0.717) is 5.41 Å². The number of benzene rings is 1. The van der Waals surface area contributed by atoms with Crippen molar-refractivity contribution in [2.75, 3.05) is 19.5 Å². The monoisotopic (exact) mass is 270 g/mol. The van der Waals surface area contributed by atoms with Crippen LogP contribution in [0, 0.1) is 0 Å². The summed E-state index contributed by atoms with van der Waals surface area (Å²) in [5.41, 5.74) is 1.69. The van der Waals surface area contributed by atoms with Crippen LogP contribution in [0.1, 0.15) is 18.4 Å². The molecular weight excluding hydrogens is 256 g/mol. The highest BCUT2D eigenvalue weighted by Gasteiger charge is 2.43. The molecule has 0 bridgehead atoms. The lowest BCUT2D eigenvalue weighted by molar-refractivity contribution is 0.354. The molecule has 0 heterocycles. The Kier molecular flexibility index (Phi) is 2.91. The van der Waals surface area contributed by atoms with E-state index in [1.807, 2.05) is 6.07 Å². The van der Waals surface area contributed by atoms with Crippen molar-refractivity contribution in [3.63, 3.8) is 0 Å². The third-order valence-electron chi connectivity index (χ3n) is 3.11. The zero-order valence-corrected chi connectivity index (χ0v) is 10.6. The van der Waals surface area contributed by atoms with Crippen molar-refractivity contribution >= 4 is 15.9 Å². The molecule has 15 heavy (non-hydrogen) atoms. The molecule has 3 heteroatoms. The fourth-order valence-electron chi connectivity index (χ4n) is 1.82. The Balaban J connectivity index is 2.35. The van der Waals surface area contributed by atoms with Gasteiger partial charge in [-0.2, -0.15) is 0 Å². The Morgan fingerprint density at radius 3 is 2.33 bits per heavy atom. The number of halogens is 1. The summed E-state index contributed by atoms with van der Waals surface area (Å²) in [6.45, 7) is 0. The number of ether oxygens (including phenoxy) is 2. The number of hydrogen-bond acceptors (Lipinski definition) is 2. The van der Waals surface area contributed by atoms with Gasteiger partial charge in [0.05, 0.1) is 14.2 Å². The van der Waals surface area contributed by atoms with Crippen LogP contribution >= 0.6 is 15.9 Å². The highest BCUT2D eigenvalue weighted by atomic mass is 79.9. The van der Waals surface area contributed by atoms with Gasteiger partial charge in [0.25, 0.3) is 0 Å². The van der Waals surface area contributed by atoms with E-state index < -0.39 is 0 Å². The van der Waals surface area contributed by atoms with Gasteiger partial charge in [-0.15, -0.1) is 0 Å². The van der Waals surface area contributed by atoms with E-state index in [2.05, 4.69) is 28.1 Å². The molecule has 0 N–H and O–H groups in total. The molecule has 0 spiro atoms. The topological polar surface area (TPSA) is 18.5 Å². The first kappa shape index (κ1) is 10.8. The number of rotatable bonds is 4. The minimum atomic E-state index is 0.347. The molecule has 0 unspecified atom stereocenters. The van der Waals surface area contributed by atoms with Gasteiger partial charge >= 0.3 is 0 Å². The molecule has 0 amide bonds. The summed E-state index contributed by atoms with van der Waals surface area (Å²) in [7, 11) is 3.34. The third kappa shape index (κ3) is 1.85. The minimum Gasteiger partial charge on any atom is -0.493 e. The highest BCUT2D eigenvalue weighted by molar-refractivity contribution is 9.09. The maximum absolute atomic E-state index is 5.30. The van der Waals surface area contributed by atoms with Crippen molar-refractivity contribution in [3.05, 3.63) is 23.8 Å². The Labute approximate surface area is 98.7 Å². The second kappa shape index (κ2) is 4.05. The van der Waals surface area contributed by atoms with Crippen LogP contribution in [0.4, 0.5) is 0 Å². The van der Waals surface area contributed by atoms with Crippen LogP contribution in [0.25, 0.3) is 0 Å². The Hall–Kier alpha value is -0.700. The normalized spacial score (nSPS) is 17.3. The molecule has 1 aliphatic carbocycles. The van der Waals surface area contributed by atoms with Crippen LogP contribution in [0.5, 0.6) is 11.5 Å². The summed E-state index contributed by atoms with van der Waals surface area (Å²) in [6.07, 6.45) is 2.52. The predicted molar refractivity (Wildman–Crippen MR) is 64.3 cm³/mol. The molecule has 1 saturated carbocycles. The predicted octanol–water partition coefficient (Wildman–Crippen LogP) is 3.13. The van der Waals surface area contributed by atoms with Gasteiger partial charge in [-0.05, 0) is 30.5 Å². The smallest absolute Gasteiger partial charge is 0.161 e. The zero-order chi connectivity index (χ0) is 10.9. The van der Waals surface area contributed by atoms with Crippen LogP contribution in [0.2, 0.25) is 0 Å². The van der Waals surface area contributed by atoms with Crippen LogP contribution in [0.3, 0.4) is 0 Å². The summed E-state index contributed by atoms with van der Waals surface area (Å²) in [5, 5.41) is 1.02. The van der Waals surface area contributed by atoms with Crippen molar-refractivity contribution in [2.45, 2.75) is 18.3 Å². The largest absolute Gasteiger partial charge is 0.493 e. The van der Waals surface area contributed by atoms with E-state index in [1.54, 1.807) is 14.2 Å². The van der Waals surface area contributed by atoms with E-state index in [1.165, 1.54) is 18.4 Å². The fourth-order valence-corrected chi connectivity index (χ4v) is 2.70. The first-order chi connectivity index (χ1) is 7.25. The second-order valence-corrected chi connectivity index (χ2v) is 4.54. The molecular formula is C12H15BrO2. The quantitative estimate of drug-likeness (QED) is 0.783.